The third-order valence-corrected chi connectivity index (χ3v) is 4.22. The Labute approximate surface area is 118 Å². The summed E-state index contributed by atoms with van der Waals surface area (Å²) in [5, 5.41) is 12.4. The fraction of sp³-hybridized carbons (Fsp3) is 0.533. The Kier molecular flexibility index (Phi) is 3.09. The maximum absolute atomic E-state index is 11.9. The number of amides is 1. The van der Waals surface area contributed by atoms with Gasteiger partial charge in [0.2, 0.25) is 5.91 Å². The molecule has 20 heavy (non-hydrogen) atoms. The number of nitrogens with zero attached hydrogens (tertiary/aromatic N) is 3. The predicted molar refractivity (Wildman–Crippen MR) is 75.4 cm³/mol. The largest absolute Gasteiger partial charge is 0.352 e. The van der Waals surface area contributed by atoms with Gasteiger partial charge in [0.1, 0.15) is 0 Å². The standard InChI is InChI=1S/C15H18N4O/c1-9(2)14-13-10(6-12(20)18-14)7-19(8-16)15-11(13)4-3-5-17-15/h4-5,7,9,13-15H,3,6H2,1-2H3,(H,18,20). The second-order valence-corrected chi connectivity index (χ2v) is 5.85. The SMILES string of the molecule is CC(C)C1NC(=O)CC2=CN(C#N)C3N=CCC=C3C21. The van der Waals surface area contributed by atoms with Crippen LogP contribution in [0.2, 0.25) is 0 Å². The van der Waals surface area contributed by atoms with Gasteiger partial charge in [0.25, 0.3) is 0 Å². The maximum atomic E-state index is 11.9. The van der Waals surface area contributed by atoms with Crippen molar-refractivity contribution in [3.8, 4) is 6.19 Å². The van der Waals surface area contributed by atoms with Gasteiger partial charge < -0.3 is 5.32 Å². The van der Waals surface area contributed by atoms with Crippen molar-refractivity contribution in [1.29, 1.82) is 5.26 Å². The van der Waals surface area contributed by atoms with Crippen LogP contribution in [0.25, 0.3) is 0 Å². The fourth-order valence-electron chi connectivity index (χ4n) is 3.34. The Morgan fingerprint density at radius 3 is 3.05 bits per heavy atom. The number of nitrogens with one attached hydrogen (secondary N) is 1. The van der Waals surface area contributed by atoms with Gasteiger partial charge in [0.05, 0.1) is 0 Å². The lowest BCUT2D eigenvalue weighted by molar-refractivity contribution is -0.123. The molecule has 5 nitrogen and oxygen atoms in total. The molecule has 0 aromatic heterocycles. The number of allylic oxidation sites excluding steroid dienone is 1. The molecule has 3 unspecified atom stereocenters. The second kappa shape index (κ2) is 4.78. The van der Waals surface area contributed by atoms with Crippen molar-refractivity contribution in [2.24, 2.45) is 16.8 Å². The Morgan fingerprint density at radius 2 is 2.35 bits per heavy atom. The number of dihydropyridines is 1. The molecular weight excluding hydrogens is 252 g/mol. The van der Waals surface area contributed by atoms with Crippen molar-refractivity contribution in [2.45, 2.75) is 38.9 Å². The molecule has 0 radical (unpaired) electrons. The first kappa shape index (κ1) is 12.9. The maximum Gasteiger partial charge on any atom is 0.224 e. The fourth-order valence-corrected chi connectivity index (χ4v) is 3.34. The normalized spacial score (nSPS) is 31.8. The molecule has 0 aliphatic carbocycles. The number of aliphatic imine (C=N–C) groups is 1. The highest BCUT2D eigenvalue weighted by atomic mass is 16.1. The van der Waals surface area contributed by atoms with Crippen LogP contribution in [-0.2, 0) is 4.79 Å². The van der Waals surface area contributed by atoms with Crippen molar-refractivity contribution in [1.82, 2.24) is 10.2 Å². The first-order chi connectivity index (χ1) is 9.61. The molecule has 1 fully saturated rings. The van der Waals surface area contributed by atoms with E-state index < -0.39 is 0 Å². The molecule has 104 valence electrons. The van der Waals surface area contributed by atoms with E-state index in [1.807, 2.05) is 12.4 Å². The molecule has 1 saturated heterocycles. The molecule has 3 atom stereocenters. The van der Waals surface area contributed by atoms with Gasteiger partial charge in [0.15, 0.2) is 12.4 Å². The second-order valence-electron chi connectivity index (χ2n) is 5.85. The van der Waals surface area contributed by atoms with E-state index in [0.717, 1.165) is 17.6 Å². The van der Waals surface area contributed by atoms with Gasteiger partial charge in [-0.25, -0.2) is 0 Å². The van der Waals surface area contributed by atoms with Crippen LogP contribution in [-0.4, -0.2) is 29.2 Å². The Hall–Kier alpha value is -2.09. The van der Waals surface area contributed by atoms with E-state index in [0.29, 0.717) is 12.3 Å². The number of hydrogen-bond acceptors (Lipinski definition) is 4. The van der Waals surface area contributed by atoms with E-state index in [1.165, 1.54) is 0 Å². The summed E-state index contributed by atoms with van der Waals surface area (Å²) in [6, 6.07) is 0.0883. The average molecular weight is 270 g/mol. The summed E-state index contributed by atoms with van der Waals surface area (Å²) in [5.74, 6) is 0.566. The van der Waals surface area contributed by atoms with Gasteiger partial charge in [-0.15, -0.1) is 0 Å². The number of nitriles is 1. The number of piperidine rings is 1. The molecule has 3 aliphatic rings. The van der Waals surface area contributed by atoms with E-state index in [9.17, 15) is 10.1 Å². The third-order valence-electron chi connectivity index (χ3n) is 4.22. The Balaban J connectivity index is 2.07. The van der Waals surface area contributed by atoms with Crippen molar-refractivity contribution in [3.05, 3.63) is 23.4 Å². The summed E-state index contributed by atoms with van der Waals surface area (Å²) < 4.78 is 0. The molecule has 0 aromatic carbocycles. The highest BCUT2D eigenvalue weighted by Gasteiger charge is 2.43. The summed E-state index contributed by atoms with van der Waals surface area (Å²) in [5.41, 5.74) is 2.19. The molecule has 0 aromatic rings. The lowest BCUT2D eigenvalue weighted by Crippen LogP contribution is -2.53. The van der Waals surface area contributed by atoms with Gasteiger partial charge >= 0.3 is 0 Å². The highest BCUT2D eigenvalue weighted by Crippen LogP contribution is 2.41. The lowest BCUT2D eigenvalue weighted by atomic mass is 9.73. The minimum atomic E-state index is -0.223. The molecule has 5 heteroatoms. The van der Waals surface area contributed by atoms with Gasteiger partial charge in [0, 0.05) is 37.2 Å². The van der Waals surface area contributed by atoms with Crippen molar-refractivity contribution >= 4 is 12.1 Å². The topological polar surface area (TPSA) is 68.5 Å². The van der Waals surface area contributed by atoms with Crippen molar-refractivity contribution < 1.29 is 4.79 Å². The zero-order valence-corrected chi connectivity index (χ0v) is 11.7. The Bertz CT molecular complexity index is 567. The van der Waals surface area contributed by atoms with Gasteiger partial charge in [-0.1, -0.05) is 19.9 Å². The molecule has 3 aliphatic heterocycles. The Morgan fingerprint density at radius 1 is 1.55 bits per heavy atom. The minimum Gasteiger partial charge on any atom is -0.352 e. The first-order valence-corrected chi connectivity index (χ1v) is 7.01. The molecular formula is C15H18N4O. The predicted octanol–water partition coefficient (Wildman–Crippen LogP) is 1.55. The van der Waals surface area contributed by atoms with E-state index in [-0.39, 0.29) is 24.0 Å². The molecule has 0 bridgehead atoms. The first-order valence-electron chi connectivity index (χ1n) is 7.01. The molecule has 1 amide bonds. The molecule has 1 N–H and O–H groups in total. The summed E-state index contributed by atoms with van der Waals surface area (Å²) in [7, 11) is 0. The van der Waals surface area contributed by atoms with Crippen LogP contribution in [0.3, 0.4) is 0 Å². The average Bonchev–Trinajstić information content (AvgIpc) is 2.45. The summed E-state index contributed by atoms with van der Waals surface area (Å²) in [6.07, 6.45) is 8.95. The monoisotopic (exact) mass is 270 g/mol. The molecule has 0 spiro atoms. The van der Waals surface area contributed by atoms with E-state index in [2.05, 4.69) is 36.4 Å². The van der Waals surface area contributed by atoms with E-state index >= 15 is 0 Å². The van der Waals surface area contributed by atoms with E-state index in [1.54, 1.807) is 4.90 Å². The lowest BCUT2D eigenvalue weighted by Gasteiger charge is -2.44. The highest BCUT2D eigenvalue weighted by molar-refractivity contribution is 5.81. The van der Waals surface area contributed by atoms with Crippen molar-refractivity contribution in [2.75, 3.05) is 0 Å². The third kappa shape index (κ3) is 1.92. The van der Waals surface area contributed by atoms with Crippen LogP contribution in [0.1, 0.15) is 26.7 Å². The van der Waals surface area contributed by atoms with Crippen LogP contribution >= 0.6 is 0 Å². The smallest absolute Gasteiger partial charge is 0.224 e. The van der Waals surface area contributed by atoms with Crippen LogP contribution in [0.15, 0.2) is 28.4 Å². The van der Waals surface area contributed by atoms with Gasteiger partial charge in [-0.05, 0) is 17.1 Å². The van der Waals surface area contributed by atoms with Crippen LogP contribution in [0, 0.1) is 23.3 Å². The summed E-state index contributed by atoms with van der Waals surface area (Å²) in [4.78, 5) is 17.9. The number of rotatable bonds is 1. The zero-order valence-electron chi connectivity index (χ0n) is 11.7. The molecule has 3 heterocycles. The minimum absolute atomic E-state index is 0.0439. The molecule has 0 saturated carbocycles. The van der Waals surface area contributed by atoms with Gasteiger partial charge in [-0.2, -0.15) is 5.26 Å². The number of fused-ring (bicyclic) bond motifs is 3. The summed E-state index contributed by atoms with van der Waals surface area (Å²) >= 11 is 0. The van der Waals surface area contributed by atoms with Crippen molar-refractivity contribution in [3.63, 3.8) is 0 Å². The quantitative estimate of drug-likeness (QED) is 0.580. The van der Waals surface area contributed by atoms with Crippen LogP contribution in [0.4, 0.5) is 0 Å². The number of carbonyl (C=O) groups excluding carboxylic acids is 1. The van der Waals surface area contributed by atoms with Gasteiger partial charge in [-0.3, -0.25) is 14.7 Å². The zero-order chi connectivity index (χ0) is 14.3. The summed E-state index contributed by atoms with van der Waals surface area (Å²) in [6.45, 7) is 4.23. The van der Waals surface area contributed by atoms with Crippen LogP contribution in [0.5, 0.6) is 0 Å². The van der Waals surface area contributed by atoms with E-state index in [4.69, 9.17) is 0 Å². The molecule has 3 rings (SSSR count). The number of hydrogen-bond donors (Lipinski definition) is 1. The number of carbonyl (C=O) groups is 1. The van der Waals surface area contributed by atoms with Crippen LogP contribution < -0.4 is 5.32 Å².